The quantitative estimate of drug-likeness (QED) is 0.785. The summed E-state index contributed by atoms with van der Waals surface area (Å²) >= 11 is 0. The smallest absolute Gasteiger partial charge is 0.211 e. The lowest BCUT2D eigenvalue weighted by atomic mass is 9.96. The number of rotatable bonds is 7. The van der Waals surface area contributed by atoms with E-state index in [1.165, 1.54) is 12.8 Å². The van der Waals surface area contributed by atoms with Crippen molar-refractivity contribution in [3.63, 3.8) is 0 Å². The van der Waals surface area contributed by atoms with Crippen LogP contribution in [-0.2, 0) is 16.4 Å². The van der Waals surface area contributed by atoms with Gasteiger partial charge in [0.1, 0.15) is 0 Å². The summed E-state index contributed by atoms with van der Waals surface area (Å²) < 4.78 is 26.5. The molecule has 20 heavy (non-hydrogen) atoms. The molecular weight excluding hydrogens is 274 g/mol. The van der Waals surface area contributed by atoms with E-state index in [1.807, 2.05) is 12.1 Å². The number of hydrogen-bond acceptors (Lipinski definition) is 4. The van der Waals surface area contributed by atoms with E-state index in [9.17, 15) is 8.42 Å². The van der Waals surface area contributed by atoms with Crippen LogP contribution >= 0.6 is 0 Å². The van der Waals surface area contributed by atoms with Crippen LogP contribution < -0.4 is 10.0 Å². The largest absolute Gasteiger partial charge is 0.316 e. The first-order valence-electron chi connectivity index (χ1n) is 7.23. The Morgan fingerprint density at radius 1 is 1.35 bits per heavy atom. The molecule has 1 aromatic rings. The molecule has 1 aliphatic heterocycles. The molecule has 0 spiro atoms. The first-order valence-corrected chi connectivity index (χ1v) is 8.88. The van der Waals surface area contributed by atoms with Crippen LogP contribution in [0.3, 0.4) is 0 Å². The highest BCUT2D eigenvalue weighted by Gasteiger charge is 2.15. The van der Waals surface area contributed by atoms with E-state index in [0.29, 0.717) is 18.9 Å². The molecule has 1 aliphatic rings. The Kier molecular flexibility index (Phi) is 5.94. The number of aryl methyl sites for hydroxylation is 1. The molecule has 1 aromatic heterocycles. The van der Waals surface area contributed by atoms with Crippen molar-refractivity contribution in [2.24, 2.45) is 5.92 Å². The summed E-state index contributed by atoms with van der Waals surface area (Å²) in [4.78, 5) is 3.92. The maximum atomic E-state index is 11.9. The second-order valence-corrected chi connectivity index (χ2v) is 7.25. The monoisotopic (exact) mass is 297 g/mol. The Morgan fingerprint density at radius 2 is 2.15 bits per heavy atom. The van der Waals surface area contributed by atoms with Crippen LogP contribution in [0, 0.1) is 5.92 Å². The number of hydrogen-bond donors (Lipinski definition) is 2. The maximum Gasteiger partial charge on any atom is 0.211 e. The maximum absolute atomic E-state index is 11.9. The zero-order valence-electron chi connectivity index (χ0n) is 11.7. The van der Waals surface area contributed by atoms with Crippen molar-refractivity contribution in [3.8, 4) is 0 Å². The van der Waals surface area contributed by atoms with Gasteiger partial charge in [-0.25, -0.2) is 13.1 Å². The second kappa shape index (κ2) is 7.71. The normalized spacial score (nSPS) is 19.9. The Balaban J connectivity index is 1.68. The molecular formula is C14H23N3O2S. The van der Waals surface area contributed by atoms with E-state index in [-0.39, 0.29) is 5.75 Å². The fourth-order valence-corrected chi connectivity index (χ4v) is 3.54. The highest BCUT2D eigenvalue weighted by atomic mass is 32.2. The number of aromatic nitrogens is 1. The van der Waals surface area contributed by atoms with Crippen molar-refractivity contribution >= 4 is 10.0 Å². The minimum absolute atomic E-state index is 0.139. The van der Waals surface area contributed by atoms with Gasteiger partial charge >= 0.3 is 0 Å². The van der Waals surface area contributed by atoms with Gasteiger partial charge in [-0.2, -0.15) is 0 Å². The van der Waals surface area contributed by atoms with Crippen molar-refractivity contribution in [2.45, 2.75) is 25.7 Å². The standard InChI is InChI=1S/C14H23N3O2S/c18-20(19,11-6-13-3-8-15-9-4-13)17-10-5-14-2-1-7-16-12-14/h3-4,8-9,14,16-17H,1-2,5-7,10-12H2. The molecule has 1 unspecified atom stereocenters. The molecule has 2 rings (SSSR count). The lowest BCUT2D eigenvalue weighted by Crippen LogP contribution is -2.34. The Morgan fingerprint density at radius 3 is 2.85 bits per heavy atom. The van der Waals surface area contributed by atoms with E-state index < -0.39 is 10.0 Å². The molecule has 1 atom stereocenters. The van der Waals surface area contributed by atoms with Gasteiger partial charge in [0.2, 0.25) is 10.0 Å². The van der Waals surface area contributed by atoms with E-state index in [0.717, 1.165) is 25.1 Å². The van der Waals surface area contributed by atoms with Gasteiger partial charge < -0.3 is 5.32 Å². The third-order valence-electron chi connectivity index (χ3n) is 3.68. The van der Waals surface area contributed by atoms with Gasteiger partial charge in [-0.1, -0.05) is 0 Å². The number of nitrogens with one attached hydrogen (secondary N) is 2. The van der Waals surface area contributed by atoms with E-state index in [4.69, 9.17) is 0 Å². The van der Waals surface area contributed by atoms with Gasteiger partial charge in [-0.05, 0) is 62.4 Å². The van der Waals surface area contributed by atoms with Crippen molar-refractivity contribution in [2.75, 3.05) is 25.4 Å². The zero-order valence-corrected chi connectivity index (χ0v) is 12.5. The van der Waals surface area contributed by atoms with Gasteiger partial charge in [-0.15, -0.1) is 0 Å². The first-order chi connectivity index (χ1) is 9.66. The minimum atomic E-state index is -3.17. The second-order valence-electron chi connectivity index (χ2n) is 5.32. The van der Waals surface area contributed by atoms with Crippen LogP contribution in [0.2, 0.25) is 0 Å². The van der Waals surface area contributed by atoms with E-state index >= 15 is 0 Å². The molecule has 1 saturated heterocycles. The fourth-order valence-electron chi connectivity index (χ4n) is 2.46. The molecule has 5 nitrogen and oxygen atoms in total. The summed E-state index contributed by atoms with van der Waals surface area (Å²) in [6.07, 6.45) is 7.21. The van der Waals surface area contributed by atoms with Gasteiger partial charge in [0.15, 0.2) is 0 Å². The summed E-state index contributed by atoms with van der Waals surface area (Å²) in [5.41, 5.74) is 1.00. The van der Waals surface area contributed by atoms with Crippen molar-refractivity contribution in [1.82, 2.24) is 15.0 Å². The van der Waals surface area contributed by atoms with Crippen LogP contribution in [0.4, 0.5) is 0 Å². The highest BCUT2D eigenvalue weighted by Crippen LogP contribution is 2.13. The Hall–Kier alpha value is -0.980. The van der Waals surface area contributed by atoms with Crippen molar-refractivity contribution < 1.29 is 8.42 Å². The summed E-state index contributed by atoms with van der Waals surface area (Å²) in [6, 6.07) is 3.70. The fraction of sp³-hybridized carbons (Fsp3) is 0.643. The average molecular weight is 297 g/mol. The van der Waals surface area contributed by atoms with Crippen LogP contribution in [0.15, 0.2) is 24.5 Å². The Bertz CT molecular complexity index is 484. The predicted molar refractivity (Wildman–Crippen MR) is 79.9 cm³/mol. The van der Waals surface area contributed by atoms with E-state index in [1.54, 1.807) is 12.4 Å². The number of nitrogens with zero attached hydrogens (tertiary/aromatic N) is 1. The average Bonchev–Trinajstić information content (AvgIpc) is 2.47. The highest BCUT2D eigenvalue weighted by molar-refractivity contribution is 7.89. The van der Waals surface area contributed by atoms with Gasteiger partial charge in [0.25, 0.3) is 0 Å². The van der Waals surface area contributed by atoms with Gasteiger partial charge in [0.05, 0.1) is 5.75 Å². The number of sulfonamides is 1. The van der Waals surface area contributed by atoms with Crippen LogP contribution in [0.25, 0.3) is 0 Å². The molecule has 0 aliphatic carbocycles. The SMILES string of the molecule is O=S(=O)(CCc1ccncc1)NCCC1CCCNC1. The summed E-state index contributed by atoms with van der Waals surface area (Å²) in [6.45, 7) is 2.65. The molecule has 112 valence electrons. The van der Waals surface area contributed by atoms with Crippen LogP contribution in [0.5, 0.6) is 0 Å². The van der Waals surface area contributed by atoms with Gasteiger partial charge in [-0.3, -0.25) is 4.98 Å². The van der Waals surface area contributed by atoms with Crippen molar-refractivity contribution in [3.05, 3.63) is 30.1 Å². The molecule has 0 aromatic carbocycles. The summed E-state index contributed by atoms with van der Waals surface area (Å²) in [7, 11) is -3.17. The Labute approximate surface area is 121 Å². The summed E-state index contributed by atoms with van der Waals surface area (Å²) in [5.74, 6) is 0.742. The number of piperidine rings is 1. The predicted octanol–water partition coefficient (Wildman–Crippen LogP) is 0.933. The third kappa shape index (κ3) is 5.56. The molecule has 0 radical (unpaired) electrons. The topological polar surface area (TPSA) is 71.1 Å². The van der Waals surface area contributed by atoms with E-state index in [2.05, 4.69) is 15.0 Å². The van der Waals surface area contributed by atoms with Crippen molar-refractivity contribution in [1.29, 1.82) is 0 Å². The molecule has 2 N–H and O–H groups in total. The first kappa shape index (κ1) is 15.4. The molecule has 0 saturated carbocycles. The third-order valence-corrected chi connectivity index (χ3v) is 5.07. The minimum Gasteiger partial charge on any atom is -0.316 e. The van der Waals surface area contributed by atoms with Gasteiger partial charge in [0, 0.05) is 18.9 Å². The molecule has 0 amide bonds. The molecule has 1 fully saturated rings. The molecule has 6 heteroatoms. The summed E-state index contributed by atoms with van der Waals surface area (Å²) in [5, 5.41) is 3.35. The molecule has 0 bridgehead atoms. The zero-order chi connectivity index (χ0) is 14.3. The number of pyridine rings is 1. The molecule has 2 heterocycles. The van der Waals surface area contributed by atoms with Crippen LogP contribution in [0.1, 0.15) is 24.8 Å². The lowest BCUT2D eigenvalue weighted by Gasteiger charge is -2.22. The van der Waals surface area contributed by atoms with Crippen LogP contribution in [-0.4, -0.2) is 38.8 Å². The lowest BCUT2D eigenvalue weighted by molar-refractivity contribution is 0.358.